The van der Waals surface area contributed by atoms with Crippen molar-refractivity contribution in [2.24, 2.45) is 0 Å². The molecule has 0 fully saturated rings. The van der Waals surface area contributed by atoms with Crippen LogP contribution in [-0.2, 0) is 11.0 Å². The normalized spacial score (nSPS) is 11.3. The topological polar surface area (TPSA) is 50.4 Å². The van der Waals surface area contributed by atoms with Gasteiger partial charge in [0.15, 0.2) is 0 Å². The van der Waals surface area contributed by atoms with Crippen molar-refractivity contribution >= 4 is 28.9 Å². The Morgan fingerprint density at radius 3 is 2.38 bits per heavy atom. The summed E-state index contributed by atoms with van der Waals surface area (Å²) in [6.07, 6.45) is -4.46. The maximum absolute atomic E-state index is 12.7. The molecule has 1 amide bonds. The van der Waals surface area contributed by atoms with E-state index in [0.29, 0.717) is 11.4 Å². The number of carbonyl (C=O) groups excluding carboxylic acids is 1. The average Bonchev–Trinajstić information content (AvgIpc) is 2.54. The largest absolute Gasteiger partial charge is 0.491 e. The van der Waals surface area contributed by atoms with E-state index < -0.39 is 17.6 Å². The maximum Gasteiger partial charge on any atom is 0.416 e. The highest BCUT2D eigenvalue weighted by Crippen LogP contribution is 2.33. The Bertz CT molecular complexity index is 762. The molecule has 0 aliphatic heterocycles. The number of rotatable bonds is 6. The number of amides is 1. The summed E-state index contributed by atoms with van der Waals surface area (Å²) in [5.74, 6) is 0.180. The number of alkyl halides is 3. The highest BCUT2D eigenvalue weighted by molar-refractivity contribution is 6.33. The molecule has 0 unspecified atom stereocenters. The third-order valence-corrected chi connectivity index (χ3v) is 3.58. The fourth-order valence-electron chi connectivity index (χ4n) is 2.10. The fraction of sp³-hybridized carbons (Fsp3) is 0.278. The summed E-state index contributed by atoms with van der Waals surface area (Å²) in [6, 6.07) is 9.74. The molecule has 8 heteroatoms. The van der Waals surface area contributed by atoms with E-state index in [-0.39, 0.29) is 23.4 Å². The standard InChI is InChI=1S/C18H18ClF3N2O2/c1-11(2)26-14-6-4-13(5-7-14)23-10-17(25)24-16-9-12(18(20,21)22)3-8-15(16)19/h3-9,11,23H,10H2,1-2H3,(H,24,25). The Balaban J connectivity index is 1.95. The number of carbonyl (C=O) groups is 1. The van der Waals surface area contributed by atoms with Gasteiger partial charge in [-0.1, -0.05) is 11.6 Å². The number of hydrogen-bond acceptors (Lipinski definition) is 3. The van der Waals surface area contributed by atoms with Crippen molar-refractivity contribution in [1.29, 1.82) is 0 Å². The van der Waals surface area contributed by atoms with Gasteiger partial charge in [0.25, 0.3) is 0 Å². The zero-order valence-electron chi connectivity index (χ0n) is 14.2. The van der Waals surface area contributed by atoms with Gasteiger partial charge in [0.1, 0.15) is 5.75 Å². The zero-order chi connectivity index (χ0) is 19.3. The van der Waals surface area contributed by atoms with Gasteiger partial charge < -0.3 is 15.4 Å². The Morgan fingerprint density at radius 1 is 1.15 bits per heavy atom. The van der Waals surface area contributed by atoms with Gasteiger partial charge in [0.05, 0.1) is 28.9 Å². The van der Waals surface area contributed by atoms with Gasteiger partial charge in [0, 0.05) is 5.69 Å². The van der Waals surface area contributed by atoms with E-state index in [1.807, 2.05) is 13.8 Å². The van der Waals surface area contributed by atoms with Crippen LogP contribution >= 0.6 is 11.6 Å². The van der Waals surface area contributed by atoms with E-state index in [1.165, 1.54) is 0 Å². The lowest BCUT2D eigenvalue weighted by atomic mass is 10.2. The van der Waals surface area contributed by atoms with Gasteiger partial charge >= 0.3 is 6.18 Å². The van der Waals surface area contributed by atoms with E-state index in [0.717, 1.165) is 18.2 Å². The molecule has 0 bridgehead atoms. The van der Waals surface area contributed by atoms with Crippen LogP contribution in [0.1, 0.15) is 19.4 Å². The summed E-state index contributed by atoms with van der Waals surface area (Å²) in [5.41, 5.74) is -0.300. The summed E-state index contributed by atoms with van der Waals surface area (Å²) >= 11 is 5.85. The van der Waals surface area contributed by atoms with Crippen molar-refractivity contribution in [1.82, 2.24) is 0 Å². The van der Waals surface area contributed by atoms with Crippen molar-refractivity contribution in [3.63, 3.8) is 0 Å². The molecule has 0 radical (unpaired) electrons. The molecule has 0 aliphatic rings. The number of halogens is 4. The van der Waals surface area contributed by atoms with Crippen LogP contribution < -0.4 is 15.4 Å². The molecule has 26 heavy (non-hydrogen) atoms. The molecule has 140 valence electrons. The van der Waals surface area contributed by atoms with Gasteiger partial charge in [0.2, 0.25) is 5.91 Å². The molecule has 0 saturated heterocycles. The van der Waals surface area contributed by atoms with Crippen LogP contribution in [0.2, 0.25) is 5.02 Å². The number of nitrogens with one attached hydrogen (secondary N) is 2. The van der Waals surface area contributed by atoms with E-state index in [9.17, 15) is 18.0 Å². The zero-order valence-corrected chi connectivity index (χ0v) is 14.9. The van der Waals surface area contributed by atoms with E-state index >= 15 is 0 Å². The van der Waals surface area contributed by atoms with E-state index in [2.05, 4.69) is 10.6 Å². The van der Waals surface area contributed by atoms with Crippen molar-refractivity contribution < 1.29 is 22.7 Å². The van der Waals surface area contributed by atoms with Crippen LogP contribution in [0.5, 0.6) is 5.75 Å². The van der Waals surface area contributed by atoms with Gasteiger partial charge in [-0.25, -0.2) is 0 Å². The second-order valence-electron chi connectivity index (χ2n) is 5.79. The number of ether oxygens (including phenoxy) is 1. The van der Waals surface area contributed by atoms with Crippen molar-refractivity contribution in [3.05, 3.63) is 53.1 Å². The lowest BCUT2D eigenvalue weighted by Crippen LogP contribution is -2.22. The molecule has 0 aromatic heterocycles. The Labute approximate surface area is 154 Å². The number of hydrogen-bond donors (Lipinski definition) is 2. The summed E-state index contributed by atoms with van der Waals surface area (Å²) in [5, 5.41) is 5.28. The second-order valence-corrected chi connectivity index (χ2v) is 6.19. The number of anilines is 2. The minimum atomic E-state index is -4.51. The Morgan fingerprint density at radius 2 is 1.81 bits per heavy atom. The van der Waals surface area contributed by atoms with Crippen molar-refractivity contribution in [3.8, 4) is 5.75 Å². The SMILES string of the molecule is CC(C)Oc1ccc(NCC(=O)Nc2cc(C(F)(F)F)ccc2Cl)cc1. The molecule has 2 N–H and O–H groups in total. The van der Waals surface area contributed by atoms with Gasteiger partial charge in [-0.15, -0.1) is 0 Å². The second kappa shape index (κ2) is 8.31. The first-order chi connectivity index (χ1) is 12.1. The highest BCUT2D eigenvalue weighted by Gasteiger charge is 2.31. The molecular weight excluding hydrogens is 369 g/mol. The highest BCUT2D eigenvalue weighted by atomic mass is 35.5. The third-order valence-electron chi connectivity index (χ3n) is 3.25. The van der Waals surface area contributed by atoms with Gasteiger partial charge in [-0.2, -0.15) is 13.2 Å². The summed E-state index contributed by atoms with van der Waals surface area (Å²) in [7, 11) is 0. The summed E-state index contributed by atoms with van der Waals surface area (Å²) in [4.78, 5) is 12.0. The van der Waals surface area contributed by atoms with Crippen LogP contribution in [0.25, 0.3) is 0 Å². The molecular formula is C18H18ClF3N2O2. The summed E-state index contributed by atoms with van der Waals surface area (Å²) in [6.45, 7) is 3.70. The molecule has 0 saturated carbocycles. The molecule has 2 aromatic carbocycles. The van der Waals surface area contributed by atoms with Crippen LogP contribution in [0, 0.1) is 0 Å². The smallest absolute Gasteiger partial charge is 0.416 e. The average molecular weight is 387 g/mol. The summed E-state index contributed by atoms with van der Waals surface area (Å²) < 4.78 is 43.7. The van der Waals surface area contributed by atoms with Crippen molar-refractivity contribution in [2.45, 2.75) is 26.1 Å². The minimum absolute atomic E-state index is 0.0292. The first-order valence-electron chi connectivity index (χ1n) is 7.82. The molecule has 0 spiro atoms. The predicted octanol–water partition coefficient (Wildman–Crippen LogP) is 5.20. The van der Waals surface area contributed by atoms with E-state index in [1.54, 1.807) is 24.3 Å². The monoisotopic (exact) mass is 386 g/mol. The Hall–Kier alpha value is -2.41. The first kappa shape index (κ1) is 19.9. The molecule has 0 aliphatic carbocycles. The predicted molar refractivity (Wildman–Crippen MR) is 95.8 cm³/mol. The molecule has 0 heterocycles. The molecule has 0 atom stereocenters. The Kier molecular flexibility index (Phi) is 6.37. The quantitative estimate of drug-likeness (QED) is 0.717. The van der Waals surface area contributed by atoms with E-state index in [4.69, 9.17) is 16.3 Å². The maximum atomic E-state index is 12.7. The van der Waals surface area contributed by atoms with Gasteiger partial charge in [-0.05, 0) is 56.3 Å². The molecule has 4 nitrogen and oxygen atoms in total. The third kappa shape index (κ3) is 5.84. The molecule has 2 aromatic rings. The van der Waals surface area contributed by atoms with Crippen LogP contribution in [0.15, 0.2) is 42.5 Å². The van der Waals surface area contributed by atoms with Crippen LogP contribution in [0.4, 0.5) is 24.5 Å². The van der Waals surface area contributed by atoms with Crippen LogP contribution in [0.3, 0.4) is 0 Å². The molecule has 2 rings (SSSR count). The first-order valence-corrected chi connectivity index (χ1v) is 8.20. The minimum Gasteiger partial charge on any atom is -0.491 e. The fourth-order valence-corrected chi connectivity index (χ4v) is 2.26. The lowest BCUT2D eigenvalue weighted by Gasteiger charge is -2.13. The van der Waals surface area contributed by atoms with Crippen LogP contribution in [-0.4, -0.2) is 18.6 Å². The van der Waals surface area contributed by atoms with Gasteiger partial charge in [-0.3, -0.25) is 4.79 Å². The van der Waals surface area contributed by atoms with Crippen molar-refractivity contribution in [2.75, 3.05) is 17.2 Å². The number of benzene rings is 2. The lowest BCUT2D eigenvalue weighted by molar-refractivity contribution is -0.137.